The molecule has 0 aliphatic carbocycles. The minimum Gasteiger partial charge on any atom is -0.481 e. The van der Waals surface area contributed by atoms with Crippen molar-refractivity contribution in [3.8, 4) is 0 Å². The van der Waals surface area contributed by atoms with E-state index in [-0.39, 0.29) is 13.2 Å². The van der Waals surface area contributed by atoms with Crippen LogP contribution in [0.25, 0.3) is 0 Å². The molecule has 1 saturated heterocycles. The van der Waals surface area contributed by atoms with Crippen LogP contribution in [0.1, 0.15) is 12.0 Å². The predicted molar refractivity (Wildman–Crippen MR) is 65.5 cm³/mol. The highest BCUT2D eigenvalue weighted by atomic mass is 16.6. The van der Waals surface area contributed by atoms with Crippen LogP contribution in [0.5, 0.6) is 0 Å². The molecule has 1 N–H and O–H groups in total. The summed E-state index contributed by atoms with van der Waals surface area (Å²) in [5.74, 6) is -1.81. The fourth-order valence-corrected chi connectivity index (χ4v) is 1.78. The Bertz CT molecular complexity index is 515. The standard InChI is InChI=1S/C13H13NO6/c15-11(16)6-10-14(7-12(17)20-10)13(18)19-8-9-4-2-1-3-5-9/h1-5,10H,6-8H2,(H,15,16)/t10-/m0/s1. The first kappa shape index (κ1) is 13.9. The summed E-state index contributed by atoms with van der Waals surface area (Å²) < 4.78 is 9.80. The Morgan fingerprint density at radius 1 is 1.35 bits per heavy atom. The van der Waals surface area contributed by atoms with Crippen molar-refractivity contribution in [1.29, 1.82) is 0 Å². The second-order valence-corrected chi connectivity index (χ2v) is 4.21. The molecule has 0 unspecified atom stereocenters. The molecule has 106 valence electrons. The summed E-state index contributed by atoms with van der Waals surface area (Å²) >= 11 is 0. The van der Waals surface area contributed by atoms with Gasteiger partial charge in [-0.15, -0.1) is 0 Å². The molecule has 1 amide bonds. The Labute approximate surface area is 114 Å². The highest BCUT2D eigenvalue weighted by Gasteiger charge is 2.38. The largest absolute Gasteiger partial charge is 0.481 e. The predicted octanol–water partition coefficient (Wildman–Crippen LogP) is 0.983. The van der Waals surface area contributed by atoms with E-state index in [1.54, 1.807) is 24.3 Å². The lowest BCUT2D eigenvalue weighted by molar-refractivity contribution is -0.147. The number of carboxylic acid groups (broad SMARTS) is 1. The third kappa shape index (κ3) is 3.47. The summed E-state index contributed by atoms with van der Waals surface area (Å²) in [5, 5.41) is 8.70. The number of carboxylic acids is 1. The number of cyclic esters (lactones) is 1. The Balaban J connectivity index is 1.93. The summed E-state index contributed by atoms with van der Waals surface area (Å²) in [7, 11) is 0. The highest BCUT2D eigenvalue weighted by Crippen LogP contribution is 2.16. The molecule has 0 aromatic heterocycles. The van der Waals surface area contributed by atoms with Gasteiger partial charge in [0.1, 0.15) is 19.6 Å². The summed E-state index contributed by atoms with van der Waals surface area (Å²) in [6.07, 6.45) is -2.35. The third-order valence-corrected chi connectivity index (χ3v) is 2.70. The van der Waals surface area contributed by atoms with Crippen LogP contribution in [0, 0.1) is 0 Å². The molecule has 2 rings (SSSR count). The average molecular weight is 279 g/mol. The Hall–Kier alpha value is -2.57. The summed E-state index contributed by atoms with van der Waals surface area (Å²) in [5.41, 5.74) is 0.794. The van der Waals surface area contributed by atoms with Crippen molar-refractivity contribution in [2.75, 3.05) is 6.54 Å². The number of hydrogen-bond acceptors (Lipinski definition) is 5. The van der Waals surface area contributed by atoms with Crippen molar-refractivity contribution in [2.24, 2.45) is 0 Å². The molecule has 0 radical (unpaired) electrons. The van der Waals surface area contributed by atoms with Crippen LogP contribution in [-0.4, -0.2) is 40.8 Å². The molecule has 1 atom stereocenters. The second kappa shape index (κ2) is 6.05. The van der Waals surface area contributed by atoms with Gasteiger partial charge in [0.15, 0.2) is 6.23 Å². The normalized spacial score (nSPS) is 17.7. The monoisotopic (exact) mass is 279 g/mol. The van der Waals surface area contributed by atoms with Gasteiger partial charge < -0.3 is 14.6 Å². The molecule has 0 saturated carbocycles. The van der Waals surface area contributed by atoms with Gasteiger partial charge in [0.05, 0.1) is 0 Å². The van der Waals surface area contributed by atoms with E-state index in [4.69, 9.17) is 14.6 Å². The molecule has 1 aromatic carbocycles. The number of nitrogens with zero attached hydrogens (tertiary/aromatic N) is 1. The van der Waals surface area contributed by atoms with Crippen LogP contribution in [0.15, 0.2) is 30.3 Å². The summed E-state index contributed by atoms with van der Waals surface area (Å²) in [4.78, 5) is 34.6. The van der Waals surface area contributed by atoms with Crippen LogP contribution in [-0.2, 0) is 25.7 Å². The van der Waals surface area contributed by atoms with Crippen molar-refractivity contribution < 1.29 is 29.0 Å². The van der Waals surface area contributed by atoms with Crippen molar-refractivity contribution >= 4 is 18.0 Å². The smallest absolute Gasteiger partial charge is 0.413 e. The first-order chi connectivity index (χ1) is 9.56. The molecule has 0 bridgehead atoms. The lowest BCUT2D eigenvalue weighted by atomic mass is 10.2. The van der Waals surface area contributed by atoms with Crippen LogP contribution in [0.3, 0.4) is 0 Å². The zero-order valence-corrected chi connectivity index (χ0v) is 10.5. The van der Waals surface area contributed by atoms with Crippen molar-refractivity contribution in [1.82, 2.24) is 4.90 Å². The molecule has 20 heavy (non-hydrogen) atoms. The number of carbonyl (C=O) groups excluding carboxylic acids is 2. The van der Waals surface area contributed by atoms with Gasteiger partial charge in [-0.3, -0.25) is 14.5 Å². The van der Waals surface area contributed by atoms with Crippen LogP contribution >= 0.6 is 0 Å². The first-order valence-electron chi connectivity index (χ1n) is 5.95. The van der Waals surface area contributed by atoms with Crippen molar-refractivity contribution in [3.05, 3.63) is 35.9 Å². The topological polar surface area (TPSA) is 93.1 Å². The summed E-state index contributed by atoms with van der Waals surface area (Å²) in [6.45, 7) is -0.254. The van der Waals surface area contributed by atoms with Crippen molar-refractivity contribution in [3.63, 3.8) is 0 Å². The highest BCUT2D eigenvalue weighted by molar-refractivity contribution is 5.82. The maximum absolute atomic E-state index is 11.8. The molecule has 7 heteroatoms. The number of rotatable bonds is 4. The minimum atomic E-state index is -1.16. The van der Waals surface area contributed by atoms with Gasteiger partial charge in [0.25, 0.3) is 0 Å². The van der Waals surface area contributed by atoms with E-state index in [2.05, 4.69) is 0 Å². The fourth-order valence-electron chi connectivity index (χ4n) is 1.78. The number of ether oxygens (including phenoxy) is 2. The number of benzene rings is 1. The van der Waals surface area contributed by atoms with Crippen LogP contribution in [0.4, 0.5) is 4.79 Å². The van der Waals surface area contributed by atoms with Gasteiger partial charge in [-0.05, 0) is 5.56 Å². The molecular weight excluding hydrogens is 266 g/mol. The molecule has 1 aliphatic heterocycles. The van der Waals surface area contributed by atoms with E-state index in [1.165, 1.54) is 0 Å². The first-order valence-corrected chi connectivity index (χ1v) is 5.95. The van der Waals surface area contributed by atoms with Gasteiger partial charge in [0, 0.05) is 0 Å². The molecule has 1 aromatic rings. The molecule has 1 heterocycles. The second-order valence-electron chi connectivity index (χ2n) is 4.21. The van der Waals surface area contributed by atoms with Crippen LogP contribution < -0.4 is 0 Å². The Morgan fingerprint density at radius 3 is 2.70 bits per heavy atom. The number of aliphatic carboxylic acids is 1. The van der Waals surface area contributed by atoms with E-state index >= 15 is 0 Å². The SMILES string of the molecule is O=C(O)C[C@@H]1OC(=O)CN1C(=O)OCc1ccccc1. The van der Waals surface area contributed by atoms with Crippen molar-refractivity contribution in [2.45, 2.75) is 19.3 Å². The van der Waals surface area contributed by atoms with Gasteiger partial charge in [-0.2, -0.15) is 0 Å². The number of esters is 1. The fraction of sp³-hybridized carbons (Fsp3) is 0.308. The zero-order chi connectivity index (χ0) is 14.5. The molecule has 1 fully saturated rings. The maximum Gasteiger partial charge on any atom is 0.413 e. The van der Waals surface area contributed by atoms with E-state index in [0.717, 1.165) is 10.5 Å². The number of carbonyl (C=O) groups is 3. The lowest BCUT2D eigenvalue weighted by Gasteiger charge is -2.19. The Morgan fingerprint density at radius 2 is 2.05 bits per heavy atom. The molecule has 1 aliphatic rings. The van der Waals surface area contributed by atoms with Gasteiger partial charge in [-0.1, -0.05) is 30.3 Å². The van der Waals surface area contributed by atoms with Gasteiger partial charge in [0.2, 0.25) is 0 Å². The Kier molecular flexibility index (Phi) is 4.19. The van der Waals surface area contributed by atoms with Gasteiger partial charge in [-0.25, -0.2) is 4.79 Å². The molecule has 0 spiro atoms. The van der Waals surface area contributed by atoms with Crippen LogP contribution in [0.2, 0.25) is 0 Å². The average Bonchev–Trinajstić information content (AvgIpc) is 2.77. The van der Waals surface area contributed by atoms with E-state index < -0.39 is 30.7 Å². The summed E-state index contributed by atoms with van der Waals surface area (Å²) in [6, 6.07) is 9.01. The molecule has 7 nitrogen and oxygen atoms in total. The third-order valence-electron chi connectivity index (χ3n) is 2.70. The molecular formula is C13H13NO6. The number of hydrogen-bond donors (Lipinski definition) is 1. The quantitative estimate of drug-likeness (QED) is 0.826. The zero-order valence-electron chi connectivity index (χ0n) is 10.5. The maximum atomic E-state index is 11.8. The van der Waals surface area contributed by atoms with Gasteiger partial charge >= 0.3 is 18.0 Å². The van der Waals surface area contributed by atoms with E-state index in [0.29, 0.717) is 0 Å². The van der Waals surface area contributed by atoms with E-state index in [1.807, 2.05) is 6.07 Å². The van der Waals surface area contributed by atoms with E-state index in [9.17, 15) is 14.4 Å². The lowest BCUT2D eigenvalue weighted by Crippen LogP contribution is -2.37. The number of amides is 1. The minimum absolute atomic E-state index is 0.0458.